The van der Waals surface area contributed by atoms with E-state index in [-0.39, 0.29) is 10.6 Å². The van der Waals surface area contributed by atoms with Crippen molar-refractivity contribution in [2.45, 2.75) is 30.9 Å². The van der Waals surface area contributed by atoms with Gasteiger partial charge in [-0.3, -0.25) is 9.59 Å². The number of rotatable bonds is 8. The predicted molar refractivity (Wildman–Crippen MR) is 93.1 cm³/mol. The van der Waals surface area contributed by atoms with Gasteiger partial charge >= 0.3 is 5.97 Å². The van der Waals surface area contributed by atoms with E-state index < -0.39 is 40.5 Å². The Balaban J connectivity index is 2.06. The standard InChI is InChI=1S/C17H20N2O6S/c1-11-5-7-13(8-6-11)26(23,24)19-16(12(2)20)17(22)25-10-15(21)14-4-3-9-18-14/h3-9,12,16,18-20H,10H2,1-2H3/t12-,16+/m1/s1. The molecule has 3 N–H and O–H groups in total. The number of aliphatic hydroxyl groups is 1. The van der Waals surface area contributed by atoms with Crippen molar-refractivity contribution in [1.29, 1.82) is 0 Å². The first-order valence-electron chi connectivity index (χ1n) is 7.81. The highest BCUT2D eigenvalue weighted by Gasteiger charge is 2.31. The summed E-state index contributed by atoms with van der Waals surface area (Å²) in [5.41, 5.74) is 1.13. The number of carbonyl (C=O) groups is 2. The molecule has 1 aromatic carbocycles. The number of nitrogens with one attached hydrogen (secondary N) is 2. The smallest absolute Gasteiger partial charge is 0.327 e. The lowest BCUT2D eigenvalue weighted by atomic mass is 10.2. The number of sulfonamides is 1. The fourth-order valence-electron chi connectivity index (χ4n) is 2.10. The molecule has 0 amide bonds. The van der Waals surface area contributed by atoms with Crippen molar-refractivity contribution in [3.63, 3.8) is 0 Å². The maximum atomic E-state index is 12.4. The molecule has 0 saturated heterocycles. The van der Waals surface area contributed by atoms with Gasteiger partial charge in [-0.1, -0.05) is 17.7 Å². The number of carbonyl (C=O) groups excluding carboxylic acids is 2. The summed E-state index contributed by atoms with van der Waals surface area (Å²) in [6.07, 6.45) is 0.187. The second-order valence-electron chi connectivity index (χ2n) is 5.77. The SMILES string of the molecule is Cc1ccc(S(=O)(=O)N[C@H](C(=O)OCC(=O)c2ccc[nH]2)[C@@H](C)O)cc1. The zero-order valence-corrected chi connectivity index (χ0v) is 15.1. The lowest BCUT2D eigenvalue weighted by Gasteiger charge is -2.20. The van der Waals surface area contributed by atoms with Crippen molar-refractivity contribution < 1.29 is 27.9 Å². The highest BCUT2D eigenvalue weighted by molar-refractivity contribution is 7.89. The summed E-state index contributed by atoms with van der Waals surface area (Å²) >= 11 is 0. The summed E-state index contributed by atoms with van der Waals surface area (Å²) < 4.78 is 31.7. The number of ketones is 1. The molecular weight excluding hydrogens is 360 g/mol. The molecule has 0 aliphatic heterocycles. The molecular formula is C17H20N2O6S. The van der Waals surface area contributed by atoms with Crippen molar-refractivity contribution in [2.75, 3.05) is 6.61 Å². The summed E-state index contributed by atoms with van der Waals surface area (Å²) in [7, 11) is -4.05. The number of Topliss-reactive ketones (excluding diaryl/α,β-unsaturated/α-hetero) is 1. The van der Waals surface area contributed by atoms with E-state index in [9.17, 15) is 23.1 Å². The van der Waals surface area contributed by atoms with Crippen LogP contribution in [0.1, 0.15) is 23.0 Å². The Labute approximate surface area is 151 Å². The Morgan fingerprint density at radius 2 is 1.88 bits per heavy atom. The molecule has 0 aliphatic carbocycles. The van der Waals surface area contributed by atoms with E-state index in [1.807, 2.05) is 0 Å². The summed E-state index contributed by atoms with van der Waals surface area (Å²) in [4.78, 5) is 26.6. The molecule has 0 saturated carbocycles. The third-order valence-corrected chi connectivity index (χ3v) is 5.05. The van der Waals surface area contributed by atoms with Gasteiger partial charge in [0, 0.05) is 6.20 Å². The molecule has 140 valence electrons. The molecule has 2 rings (SSSR count). The van der Waals surface area contributed by atoms with Crippen molar-refractivity contribution in [3.8, 4) is 0 Å². The number of aromatic nitrogens is 1. The van der Waals surface area contributed by atoms with E-state index in [0.29, 0.717) is 0 Å². The Bertz CT molecular complexity index is 857. The molecule has 9 heteroatoms. The van der Waals surface area contributed by atoms with E-state index in [0.717, 1.165) is 5.56 Å². The Morgan fingerprint density at radius 1 is 1.23 bits per heavy atom. The Kier molecular flexibility index (Phi) is 6.30. The minimum absolute atomic E-state index is 0.0518. The van der Waals surface area contributed by atoms with Gasteiger partial charge in [0.05, 0.1) is 16.7 Å². The van der Waals surface area contributed by atoms with Crippen LogP contribution in [-0.4, -0.2) is 49.0 Å². The summed E-state index contributed by atoms with van der Waals surface area (Å²) in [6, 6.07) is 7.58. The second kappa shape index (κ2) is 8.26. The molecule has 1 heterocycles. The van der Waals surface area contributed by atoms with Crippen molar-refractivity contribution in [2.24, 2.45) is 0 Å². The number of aromatic amines is 1. The van der Waals surface area contributed by atoms with E-state index >= 15 is 0 Å². The summed E-state index contributed by atoms with van der Waals surface area (Å²) in [5, 5.41) is 9.77. The maximum Gasteiger partial charge on any atom is 0.327 e. The lowest BCUT2D eigenvalue weighted by Crippen LogP contribution is -2.48. The molecule has 0 bridgehead atoms. The quantitative estimate of drug-likeness (QED) is 0.459. The van der Waals surface area contributed by atoms with Crippen molar-refractivity contribution >= 4 is 21.8 Å². The van der Waals surface area contributed by atoms with E-state index in [1.165, 1.54) is 25.1 Å². The van der Waals surface area contributed by atoms with Crippen molar-refractivity contribution in [3.05, 3.63) is 53.9 Å². The van der Waals surface area contributed by atoms with Crippen LogP contribution in [0.4, 0.5) is 0 Å². The topological polar surface area (TPSA) is 126 Å². The highest BCUT2D eigenvalue weighted by Crippen LogP contribution is 2.12. The molecule has 0 fully saturated rings. The largest absolute Gasteiger partial charge is 0.456 e. The molecule has 0 spiro atoms. The third kappa shape index (κ3) is 5.01. The number of hydrogen-bond donors (Lipinski definition) is 3. The van der Waals surface area contributed by atoms with Crippen LogP contribution in [0.5, 0.6) is 0 Å². The molecule has 0 aliphatic rings. The van der Waals surface area contributed by atoms with Gasteiger partial charge < -0.3 is 14.8 Å². The molecule has 2 aromatic rings. The number of ether oxygens (including phenoxy) is 1. The fraction of sp³-hybridized carbons (Fsp3) is 0.294. The fourth-order valence-corrected chi connectivity index (χ4v) is 3.36. The van der Waals surface area contributed by atoms with Crippen LogP contribution < -0.4 is 4.72 Å². The normalized spacial score (nSPS) is 13.8. The Hall–Kier alpha value is -2.49. The van der Waals surface area contributed by atoms with Crippen LogP contribution in [0.25, 0.3) is 0 Å². The van der Waals surface area contributed by atoms with Crippen LogP contribution in [0, 0.1) is 6.92 Å². The number of aliphatic hydroxyl groups excluding tert-OH is 1. The van der Waals surface area contributed by atoms with Gasteiger partial charge in [0.1, 0.15) is 6.04 Å². The first-order chi connectivity index (χ1) is 12.2. The summed E-state index contributed by atoms with van der Waals surface area (Å²) in [6.45, 7) is 2.48. The average molecular weight is 380 g/mol. The maximum absolute atomic E-state index is 12.4. The second-order valence-corrected chi connectivity index (χ2v) is 7.48. The van der Waals surface area contributed by atoms with Gasteiger partial charge in [0.2, 0.25) is 15.8 Å². The summed E-state index contributed by atoms with van der Waals surface area (Å²) in [5.74, 6) is -1.52. The minimum atomic E-state index is -4.05. The zero-order valence-electron chi connectivity index (χ0n) is 14.3. The van der Waals surface area contributed by atoms with Crippen molar-refractivity contribution in [1.82, 2.24) is 9.71 Å². The lowest BCUT2D eigenvalue weighted by molar-refractivity contribution is -0.147. The van der Waals surface area contributed by atoms with Gasteiger partial charge in [-0.15, -0.1) is 0 Å². The van der Waals surface area contributed by atoms with Gasteiger partial charge in [0.25, 0.3) is 0 Å². The molecule has 1 aromatic heterocycles. The van der Waals surface area contributed by atoms with E-state index in [4.69, 9.17) is 4.74 Å². The first kappa shape index (κ1) is 19.8. The van der Waals surface area contributed by atoms with E-state index in [2.05, 4.69) is 9.71 Å². The molecule has 0 radical (unpaired) electrons. The Morgan fingerprint density at radius 3 is 2.42 bits per heavy atom. The van der Waals surface area contributed by atoms with Crippen LogP contribution >= 0.6 is 0 Å². The monoisotopic (exact) mass is 380 g/mol. The molecule has 26 heavy (non-hydrogen) atoms. The molecule has 0 unspecified atom stereocenters. The number of H-pyrrole nitrogens is 1. The number of hydrogen-bond acceptors (Lipinski definition) is 6. The molecule has 8 nitrogen and oxygen atoms in total. The number of esters is 1. The molecule has 2 atom stereocenters. The predicted octanol–water partition coefficient (Wildman–Crippen LogP) is 0.777. The van der Waals surface area contributed by atoms with Crippen LogP contribution in [0.15, 0.2) is 47.5 Å². The highest BCUT2D eigenvalue weighted by atomic mass is 32.2. The van der Waals surface area contributed by atoms with Gasteiger partial charge in [-0.05, 0) is 38.1 Å². The van der Waals surface area contributed by atoms with E-state index in [1.54, 1.807) is 31.3 Å². The minimum Gasteiger partial charge on any atom is -0.456 e. The zero-order chi connectivity index (χ0) is 19.3. The van der Waals surface area contributed by atoms with Gasteiger partial charge in [0.15, 0.2) is 6.61 Å². The average Bonchev–Trinajstić information content (AvgIpc) is 3.12. The van der Waals surface area contributed by atoms with Crippen LogP contribution in [0.2, 0.25) is 0 Å². The van der Waals surface area contributed by atoms with Gasteiger partial charge in [-0.25, -0.2) is 8.42 Å². The number of benzene rings is 1. The first-order valence-corrected chi connectivity index (χ1v) is 9.29. The third-order valence-electron chi connectivity index (χ3n) is 3.59. The number of aryl methyl sites for hydroxylation is 1. The van der Waals surface area contributed by atoms with Crippen LogP contribution in [0.3, 0.4) is 0 Å². The van der Waals surface area contributed by atoms with Crippen LogP contribution in [-0.2, 0) is 19.6 Å². The van der Waals surface area contributed by atoms with Gasteiger partial charge in [-0.2, -0.15) is 4.72 Å².